The number of anilines is 2. The van der Waals surface area contributed by atoms with Crippen molar-refractivity contribution < 1.29 is 9.53 Å². The van der Waals surface area contributed by atoms with E-state index in [4.69, 9.17) is 10.6 Å². The molecule has 1 aliphatic rings. The number of ether oxygens (including phenoxy) is 1. The van der Waals surface area contributed by atoms with Gasteiger partial charge in [-0.3, -0.25) is 10.6 Å². The highest BCUT2D eigenvalue weighted by molar-refractivity contribution is 5.95. The number of nitrogens with one attached hydrogen (secondary N) is 1. The number of rotatable bonds is 1. The van der Waals surface area contributed by atoms with Gasteiger partial charge in [-0.2, -0.15) is 0 Å². The lowest BCUT2D eigenvalue weighted by Crippen LogP contribution is -2.25. The molecule has 1 heterocycles. The molecule has 5 nitrogen and oxygen atoms in total. The Hall–Kier alpha value is -1.75. The van der Waals surface area contributed by atoms with E-state index in [0.717, 1.165) is 11.4 Å². The summed E-state index contributed by atoms with van der Waals surface area (Å²) in [6.45, 7) is 0.422. The van der Waals surface area contributed by atoms with Crippen LogP contribution in [0.25, 0.3) is 0 Å². The van der Waals surface area contributed by atoms with E-state index in [1.54, 1.807) is 24.1 Å². The molecule has 1 aromatic rings. The minimum absolute atomic E-state index is 0.0444. The Morgan fingerprint density at radius 3 is 3.07 bits per heavy atom. The average molecular weight is 207 g/mol. The monoisotopic (exact) mass is 207 g/mol. The third-order valence-corrected chi connectivity index (χ3v) is 2.43. The molecule has 0 radical (unpaired) electrons. The summed E-state index contributed by atoms with van der Waals surface area (Å²) in [6, 6.07) is 5.40. The molecule has 2 rings (SSSR count). The Balaban J connectivity index is 2.45. The molecular weight excluding hydrogens is 194 g/mol. The van der Waals surface area contributed by atoms with Crippen LogP contribution in [0.5, 0.6) is 5.75 Å². The van der Waals surface area contributed by atoms with Gasteiger partial charge in [0, 0.05) is 7.05 Å². The second kappa shape index (κ2) is 3.78. The standard InChI is InChI=1S/C10H13N3O2/c1-13-8-6-7(12-11)2-3-9(8)15-5-4-10(13)14/h2-3,6,12H,4-5,11H2,1H3. The number of carbonyl (C=O) groups excluding carboxylic acids is 1. The van der Waals surface area contributed by atoms with E-state index in [-0.39, 0.29) is 5.91 Å². The van der Waals surface area contributed by atoms with Crippen molar-refractivity contribution in [2.45, 2.75) is 6.42 Å². The summed E-state index contributed by atoms with van der Waals surface area (Å²) in [7, 11) is 1.73. The molecule has 0 saturated heterocycles. The fourth-order valence-corrected chi connectivity index (χ4v) is 1.54. The first-order valence-corrected chi connectivity index (χ1v) is 4.72. The van der Waals surface area contributed by atoms with Gasteiger partial charge in [-0.05, 0) is 18.2 Å². The number of nitrogens with two attached hydrogens (primary N) is 1. The van der Waals surface area contributed by atoms with Crippen LogP contribution in [0.15, 0.2) is 18.2 Å². The molecule has 0 atom stereocenters. The third kappa shape index (κ3) is 1.73. The summed E-state index contributed by atoms with van der Waals surface area (Å²) >= 11 is 0. The predicted molar refractivity (Wildman–Crippen MR) is 57.8 cm³/mol. The van der Waals surface area contributed by atoms with Gasteiger partial charge in [0.2, 0.25) is 5.91 Å². The van der Waals surface area contributed by atoms with Gasteiger partial charge < -0.3 is 15.1 Å². The van der Waals surface area contributed by atoms with Crippen LogP contribution in [-0.2, 0) is 4.79 Å². The van der Waals surface area contributed by atoms with Gasteiger partial charge in [-0.1, -0.05) is 0 Å². The first-order valence-electron chi connectivity index (χ1n) is 4.72. The Morgan fingerprint density at radius 1 is 1.53 bits per heavy atom. The Labute approximate surface area is 87.8 Å². The zero-order valence-electron chi connectivity index (χ0n) is 8.49. The molecule has 0 unspecified atom stereocenters. The van der Waals surface area contributed by atoms with Gasteiger partial charge in [0.05, 0.1) is 24.4 Å². The molecule has 0 fully saturated rings. The van der Waals surface area contributed by atoms with Gasteiger partial charge >= 0.3 is 0 Å². The number of hydrogen-bond donors (Lipinski definition) is 2. The molecule has 15 heavy (non-hydrogen) atoms. The topological polar surface area (TPSA) is 67.6 Å². The van der Waals surface area contributed by atoms with Gasteiger partial charge in [0.15, 0.2) is 0 Å². The molecule has 0 spiro atoms. The van der Waals surface area contributed by atoms with Gasteiger partial charge in [0.1, 0.15) is 5.75 Å². The number of fused-ring (bicyclic) bond motifs is 1. The van der Waals surface area contributed by atoms with Gasteiger partial charge in [-0.15, -0.1) is 0 Å². The van der Waals surface area contributed by atoms with Crippen LogP contribution in [0.1, 0.15) is 6.42 Å². The normalized spacial score (nSPS) is 15.3. The first kappa shape index (κ1) is 9.79. The number of nitrogens with zero attached hydrogens (tertiary/aromatic N) is 1. The van der Waals surface area contributed by atoms with Crippen molar-refractivity contribution in [3.8, 4) is 5.75 Å². The molecule has 1 amide bonds. The van der Waals surface area contributed by atoms with E-state index in [0.29, 0.717) is 18.8 Å². The Morgan fingerprint density at radius 2 is 2.33 bits per heavy atom. The van der Waals surface area contributed by atoms with E-state index < -0.39 is 0 Å². The average Bonchev–Trinajstić information content (AvgIpc) is 2.40. The maximum atomic E-state index is 11.6. The van der Waals surface area contributed by atoms with Crippen molar-refractivity contribution in [2.75, 3.05) is 24.0 Å². The van der Waals surface area contributed by atoms with E-state index in [9.17, 15) is 4.79 Å². The Bertz CT molecular complexity index is 392. The maximum absolute atomic E-state index is 11.6. The summed E-state index contributed by atoms with van der Waals surface area (Å²) in [5, 5.41) is 0. The smallest absolute Gasteiger partial charge is 0.230 e. The van der Waals surface area contributed by atoms with Crippen LogP contribution >= 0.6 is 0 Å². The molecule has 1 aromatic carbocycles. The second-order valence-corrected chi connectivity index (χ2v) is 3.38. The Kier molecular flexibility index (Phi) is 2.47. The van der Waals surface area contributed by atoms with Crippen molar-refractivity contribution >= 4 is 17.3 Å². The van der Waals surface area contributed by atoms with Crippen molar-refractivity contribution in [1.29, 1.82) is 0 Å². The van der Waals surface area contributed by atoms with E-state index in [1.807, 2.05) is 6.07 Å². The number of nitrogen functional groups attached to an aromatic ring is 1. The number of hydrazine groups is 1. The quantitative estimate of drug-likeness (QED) is 0.526. The number of benzene rings is 1. The largest absolute Gasteiger partial charge is 0.491 e. The molecule has 3 N–H and O–H groups in total. The molecule has 0 aliphatic carbocycles. The first-order chi connectivity index (χ1) is 7.22. The second-order valence-electron chi connectivity index (χ2n) is 3.38. The van der Waals surface area contributed by atoms with Gasteiger partial charge in [0.25, 0.3) is 0 Å². The summed E-state index contributed by atoms with van der Waals surface area (Å²) in [5.74, 6) is 6.06. The molecule has 1 aliphatic heterocycles. The van der Waals surface area contributed by atoms with Crippen LogP contribution in [0, 0.1) is 0 Å². The van der Waals surface area contributed by atoms with Gasteiger partial charge in [-0.25, -0.2) is 0 Å². The maximum Gasteiger partial charge on any atom is 0.230 e. The highest BCUT2D eigenvalue weighted by Gasteiger charge is 2.19. The summed E-state index contributed by atoms with van der Waals surface area (Å²) in [5.41, 5.74) is 4.03. The highest BCUT2D eigenvalue weighted by Crippen LogP contribution is 2.32. The number of hydrogen-bond acceptors (Lipinski definition) is 4. The molecule has 80 valence electrons. The highest BCUT2D eigenvalue weighted by atomic mass is 16.5. The van der Waals surface area contributed by atoms with Crippen molar-refractivity contribution in [1.82, 2.24) is 0 Å². The fraction of sp³-hybridized carbons (Fsp3) is 0.300. The summed E-state index contributed by atoms with van der Waals surface area (Å²) < 4.78 is 5.46. The van der Waals surface area contributed by atoms with E-state index in [1.165, 1.54) is 0 Å². The van der Waals surface area contributed by atoms with Crippen LogP contribution in [-0.4, -0.2) is 19.6 Å². The van der Waals surface area contributed by atoms with Crippen LogP contribution in [0.3, 0.4) is 0 Å². The molecule has 0 saturated carbocycles. The zero-order valence-corrected chi connectivity index (χ0v) is 8.49. The third-order valence-electron chi connectivity index (χ3n) is 2.43. The van der Waals surface area contributed by atoms with Crippen molar-refractivity contribution in [3.63, 3.8) is 0 Å². The van der Waals surface area contributed by atoms with Crippen LogP contribution in [0.2, 0.25) is 0 Å². The molecule has 0 aromatic heterocycles. The predicted octanol–water partition coefficient (Wildman–Crippen LogP) is 0.717. The fourth-order valence-electron chi connectivity index (χ4n) is 1.54. The lowest BCUT2D eigenvalue weighted by Gasteiger charge is -2.17. The van der Waals surface area contributed by atoms with Crippen molar-refractivity contribution in [3.05, 3.63) is 18.2 Å². The number of amides is 1. The minimum Gasteiger partial charge on any atom is -0.491 e. The minimum atomic E-state index is 0.0444. The molecular formula is C10H13N3O2. The summed E-state index contributed by atoms with van der Waals surface area (Å²) in [6.07, 6.45) is 0.399. The van der Waals surface area contributed by atoms with Crippen LogP contribution < -0.4 is 20.9 Å². The van der Waals surface area contributed by atoms with E-state index >= 15 is 0 Å². The molecule has 5 heteroatoms. The summed E-state index contributed by atoms with van der Waals surface area (Å²) in [4.78, 5) is 13.2. The number of carbonyl (C=O) groups is 1. The van der Waals surface area contributed by atoms with Crippen molar-refractivity contribution in [2.24, 2.45) is 5.84 Å². The lowest BCUT2D eigenvalue weighted by molar-refractivity contribution is -0.118. The zero-order chi connectivity index (χ0) is 10.8. The SMILES string of the molecule is CN1C(=O)CCOc2ccc(NN)cc21. The van der Waals surface area contributed by atoms with E-state index in [2.05, 4.69) is 5.43 Å². The molecule has 0 bridgehead atoms. The van der Waals surface area contributed by atoms with Crippen LogP contribution in [0.4, 0.5) is 11.4 Å². The lowest BCUT2D eigenvalue weighted by atomic mass is 10.2.